The first-order chi connectivity index (χ1) is 10.1. The molecule has 3 aliphatic rings. The first kappa shape index (κ1) is 16.7. The van der Waals surface area contributed by atoms with Crippen LogP contribution >= 0.6 is 0 Å². The Morgan fingerprint density at radius 1 is 0.773 bits per heavy atom. The summed E-state index contributed by atoms with van der Waals surface area (Å²) >= 11 is 0. The molecule has 2 bridgehead atoms. The zero-order valence-electron chi connectivity index (χ0n) is 15.7. The van der Waals surface area contributed by atoms with Crippen LogP contribution in [-0.4, -0.2) is 70.6 Å². The van der Waals surface area contributed by atoms with E-state index in [2.05, 4.69) is 56.2 Å². The van der Waals surface area contributed by atoms with E-state index in [-0.39, 0.29) is 0 Å². The Morgan fingerprint density at radius 3 is 1.73 bits per heavy atom. The van der Waals surface area contributed by atoms with Crippen LogP contribution in [-0.2, 0) is 0 Å². The monoisotopic (exact) mass is 307 g/mol. The van der Waals surface area contributed by atoms with E-state index < -0.39 is 0 Å². The number of fused-ring (bicyclic) bond motifs is 2. The average Bonchev–Trinajstić information content (AvgIpc) is 2.43. The fourth-order valence-corrected chi connectivity index (χ4v) is 4.62. The molecule has 3 heterocycles. The van der Waals surface area contributed by atoms with Gasteiger partial charge in [-0.15, -0.1) is 0 Å². The minimum Gasteiger partial charge on any atom is -0.298 e. The van der Waals surface area contributed by atoms with E-state index in [1.54, 1.807) is 0 Å². The second kappa shape index (κ2) is 5.75. The van der Waals surface area contributed by atoms with Crippen LogP contribution in [0.15, 0.2) is 0 Å². The van der Waals surface area contributed by atoms with E-state index in [9.17, 15) is 0 Å². The Bertz CT molecular complexity index is 372. The van der Waals surface area contributed by atoms with Gasteiger partial charge in [0.15, 0.2) is 0 Å². The van der Waals surface area contributed by atoms with Crippen molar-refractivity contribution in [1.29, 1.82) is 0 Å². The van der Waals surface area contributed by atoms with Crippen LogP contribution in [0.4, 0.5) is 0 Å². The van der Waals surface area contributed by atoms with Crippen molar-refractivity contribution < 1.29 is 0 Å². The predicted molar refractivity (Wildman–Crippen MR) is 94.3 cm³/mol. The number of hydrogen-bond acceptors (Lipinski definition) is 3. The van der Waals surface area contributed by atoms with Crippen molar-refractivity contribution in [1.82, 2.24) is 14.7 Å². The van der Waals surface area contributed by atoms with Crippen LogP contribution in [0.25, 0.3) is 0 Å². The average molecular weight is 308 g/mol. The van der Waals surface area contributed by atoms with Gasteiger partial charge in [-0.05, 0) is 79.8 Å². The molecule has 3 fully saturated rings. The summed E-state index contributed by atoms with van der Waals surface area (Å²) < 4.78 is 0. The summed E-state index contributed by atoms with van der Waals surface area (Å²) in [5.74, 6) is 0.935. The second-order valence-corrected chi connectivity index (χ2v) is 9.92. The van der Waals surface area contributed by atoms with Gasteiger partial charge >= 0.3 is 0 Å². The Labute approximate surface area is 138 Å². The fourth-order valence-electron chi connectivity index (χ4n) is 4.62. The minimum atomic E-state index is 0.348. The lowest BCUT2D eigenvalue weighted by atomic mass is 9.82. The minimum absolute atomic E-state index is 0.348. The first-order valence-electron chi connectivity index (χ1n) is 9.40. The summed E-state index contributed by atoms with van der Waals surface area (Å²) in [7, 11) is 0. The molecule has 0 N–H and O–H groups in total. The summed E-state index contributed by atoms with van der Waals surface area (Å²) in [6.45, 7) is 20.7. The molecule has 3 nitrogen and oxygen atoms in total. The normalized spacial score (nSPS) is 33.0. The van der Waals surface area contributed by atoms with Gasteiger partial charge in [0.2, 0.25) is 0 Å². The number of piperazine rings is 1. The van der Waals surface area contributed by atoms with Gasteiger partial charge in [0.05, 0.1) is 0 Å². The van der Waals surface area contributed by atoms with Crippen LogP contribution < -0.4 is 0 Å². The molecule has 0 saturated carbocycles. The van der Waals surface area contributed by atoms with E-state index in [0.29, 0.717) is 11.1 Å². The standard InChI is InChI=1S/C19H37N3/c1-18(2,3)20-9-7-15(8-10-20)12-22-16-11-17(22)14-21(13-16)19(4,5)6/h15-17H,7-14H2,1-6H3. The van der Waals surface area contributed by atoms with Crippen LogP contribution in [0.5, 0.6) is 0 Å². The van der Waals surface area contributed by atoms with Gasteiger partial charge in [0.25, 0.3) is 0 Å². The highest BCUT2D eigenvalue weighted by Gasteiger charge is 2.47. The van der Waals surface area contributed by atoms with Crippen LogP contribution in [0.2, 0.25) is 0 Å². The summed E-state index contributed by atoms with van der Waals surface area (Å²) in [6, 6.07) is 1.69. The summed E-state index contributed by atoms with van der Waals surface area (Å²) in [5, 5.41) is 0. The third kappa shape index (κ3) is 3.37. The molecule has 2 atom stereocenters. The maximum atomic E-state index is 2.85. The van der Waals surface area contributed by atoms with Crippen LogP contribution in [0.3, 0.4) is 0 Å². The maximum Gasteiger partial charge on any atom is 0.0242 e. The largest absolute Gasteiger partial charge is 0.298 e. The highest BCUT2D eigenvalue weighted by molar-refractivity contribution is 5.03. The van der Waals surface area contributed by atoms with Crippen molar-refractivity contribution in [3.8, 4) is 0 Å². The number of nitrogens with zero attached hydrogens (tertiary/aromatic N) is 3. The Morgan fingerprint density at radius 2 is 1.27 bits per heavy atom. The van der Waals surface area contributed by atoms with E-state index >= 15 is 0 Å². The smallest absolute Gasteiger partial charge is 0.0242 e. The summed E-state index contributed by atoms with van der Waals surface area (Å²) in [5.41, 5.74) is 0.701. The molecule has 3 aliphatic heterocycles. The van der Waals surface area contributed by atoms with Crippen LogP contribution in [0, 0.1) is 5.92 Å². The third-order valence-electron chi connectivity index (χ3n) is 6.33. The highest BCUT2D eigenvalue weighted by atomic mass is 15.4. The molecular weight excluding hydrogens is 270 g/mol. The van der Waals surface area contributed by atoms with Gasteiger partial charge < -0.3 is 0 Å². The molecule has 3 heteroatoms. The van der Waals surface area contributed by atoms with Crippen molar-refractivity contribution >= 4 is 0 Å². The van der Waals surface area contributed by atoms with Crippen molar-refractivity contribution in [3.63, 3.8) is 0 Å². The number of hydrogen-bond donors (Lipinski definition) is 0. The predicted octanol–water partition coefficient (Wildman–Crippen LogP) is 3.05. The third-order valence-corrected chi connectivity index (χ3v) is 6.33. The number of piperidine rings is 2. The van der Waals surface area contributed by atoms with Crippen molar-refractivity contribution in [2.24, 2.45) is 5.92 Å². The lowest BCUT2D eigenvalue weighted by molar-refractivity contribution is -0.104. The SMILES string of the molecule is CC(C)(C)N1CCC(CN2C3CC2CN(C(C)(C)C)C3)CC1. The molecule has 0 spiro atoms. The lowest BCUT2D eigenvalue weighted by Gasteiger charge is -2.60. The molecule has 0 aromatic carbocycles. The van der Waals surface area contributed by atoms with E-state index in [0.717, 1.165) is 18.0 Å². The van der Waals surface area contributed by atoms with Gasteiger partial charge in [-0.3, -0.25) is 14.7 Å². The number of likely N-dealkylation sites (tertiary alicyclic amines) is 3. The van der Waals surface area contributed by atoms with E-state index in [1.807, 2.05) is 0 Å². The van der Waals surface area contributed by atoms with E-state index in [1.165, 1.54) is 52.0 Å². The molecule has 3 saturated heterocycles. The Hall–Kier alpha value is -0.120. The maximum absolute atomic E-state index is 2.85. The first-order valence-corrected chi connectivity index (χ1v) is 9.40. The Kier molecular flexibility index (Phi) is 4.37. The van der Waals surface area contributed by atoms with Gasteiger partial charge in [0, 0.05) is 42.8 Å². The molecule has 0 aromatic heterocycles. The lowest BCUT2D eigenvalue weighted by Crippen LogP contribution is -2.71. The van der Waals surface area contributed by atoms with Crippen molar-refractivity contribution in [2.75, 3.05) is 32.7 Å². The zero-order chi connectivity index (χ0) is 16.1. The van der Waals surface area contributed by atoms with Crippen molar-refractivity contribution in [2.45, 2.75) is 84.0 Å². The van der Waals surface area contributed by atoms with Gasteiger partial charge in [-0.1, -0.05) is 0 Å². The van der Waals surface area contributed by atoms with Gasteiger partial charge in [-0.2, -0.15) is 0 Å². The molecule has 0 aromatic rings. The van der Waals surface area contributed by atoms with Gasteiger partial charge in [0.1, 0.15) is 0 Å². The molecular formula is C19H37N3. The molecule has 0 radical (unpaired) electrons. The quantitative estimate of drug-likeness (QED) is 0.776. The van der Waals surface area contributed by atoms with Gasteiger partial charge in [-0.25, -0.2) is 0 Å². The Balaban J connectivity index is 1.47. The topological polar surface area (TPSA) is 9.72 Å². The zero-order valence-corrected chi connectivity index (χ0v) is 15.7. The highest BCUT2D eigenvalue weighted by Crippen LogP contribution is 2.37. The summed E-state index contributed by atoms with van der Waals surface area (Å²) in [6.07, 6.45) is 4.25. The fraction of sp³-hybridized carbons (Fsp3) is 1.00. The molecule has 2 unspecified atom stereocenters. The molecule has 128 valence electrons. The molecule has 22 heavy (non-hydrogen) atoms. The van der Waals surface area contributed by atoms with Crippen LogP contribution in [0.1, 0.15) is 60.8 Å². The van der Waals surface area contributed by atoms with E-state index in [4.69, 9.17) is 0 Å². The van der Waals surface area contributed by atoms with Crippen molar-refractivity contribution in [3.05, 3.63) is 0 Å². The summed E-state index contributed by atoms with van der Waals surface area (Å²) in [4.78, 5) is 8.21. The molecule has 3 rings (SSSR count). The second-order valence-electron chi connectivity index (χ2n) is 9.92. The number of rotatable bonds is 2. The molecule has 0 amide bonds. The molecule has 0 aliphatic carbocycles.